The van der Waals surface area contributed by atoms with E-state index in [2.05, 4.69) is 20.6 Å². The monoisotopic (exact) mass is 430 g/mol. The molecule has 1 amide bonds. The molecule has 0 fully saturated rings. The molecule has 0 bridgehead atoms. The molecule has 0 spiro atoms. The molecule has 0 saturated carbocycles. The van der Waals surface area contributed by atoms with Gasteiger partial charge in [-0.05, 0) is 18.8 Å². The molecule has 2 heterocycles. The van der Waals surface area contributed by atoms with Crippen molar-refractivity contribution < 1.29 is 31.7 Å². The quantitative estimate of drug-likeness (QED) is 0.212. The van der Waals surface area contributed by atoms with Gasteiger partial charge < -0.3 is 15.4 Å². The standard InChI is InChI=1S/C16H11F5N6O3/c1-5-15(22-16(28)8-3-9(24-23-8)27(29)30)6(2)26(25-5)4-7-10(17)12(19)14(21)13(20)11(7)18/h3H,4H2,1-2H3,(H,22,28)(H,23,24). The largest absolute Gasteiger partial charge is 0.358 e. The summed E-state index contributed by atoms with van der Waals surface area (Å²) in [6.07, 6.45) is 0. The third kappa shape index (κ3) is 3.46. The molecule has 1 aromatic carbocycles. The lowest BCUT2D eigenvalue weighted by atomic mass is 10.1. The van der Waals surface area contributed by atoms with Crippen LogP contribution in [-0.2, 0) is 6.54 Å². The zero-order valence-corrected chi connectivity index (χ0v) is 15.2. The van der Waals surface area contributed by atoms with Gasteiger partial charge in [0.05, 0.1) is 35.2 Å². The normalized spacial score (nSPS) is 11.0. The first kappa shape index (κ1) is 20.9. The SMILES string of the molecule is Cc1nn(Cc2c(F)c(F)c(F)c(F)c2F)c(C)c1NC(=O)c1cc([N+](=O)[O-])[nH]n1. The first-order chi connectivity index (χ1) is 14.0. The summed E-state index contributed by atoms with van der Waals surface area (Å²) < 4.78 is 68.8. The van der Waals surface area contributed by atoms with Crippen LogP contribution in [0.1, 0.15) is 27.4 Å². The number of carbonyl (C=O) groups excluding carboxylic acids is 1. The zero-order chi connectivity index (χ0) is 22.3. The smallest absolute Gasteiger partial charge is 0.343 e. The molecular weight excluding hydrogens is 419 g/mol. The van der Waals surface area contributed by atoms with Crippen molar-refractivity contribution in [1.29, 1.82) is 0 Å². The summed E-state index contributed by atoms with van der Waals surface area (Å²) in [6.45, 7) is 2.00. The number of hydrogen-bond donors (Lipinski definition) is 2. The van der Waals surface area contributed by atoms with Gasteiger partial charge in [-0.2, -0.15) is 5.10 Å². The number of aromatic nitrogens is 4. The van der Waals surface area contributed by atoms with Crippen molar-refractivity contribution in [3.05, 3.63) is 67.9 Å². The molecule has 0 aliphatic carbocycles. The molecule has 9 nitrogen and oxygen atoms in total. The summed E-state index contributed by atoms with van der Waals surface area (Å²) in [7, 11) is 0. The van der Waals surface area contributed by atoms with Crippen LogP contribution in [0.15, 0.2) is 6.07 Å². The van der Waals surface area contributed by atoms with Gasteiger partial charge in [0.2, 0.25) is 5.82 Å². The van der Waals surface area contributed by atoms with Crippen LogP contribution in [0.3, 0.4) is 0 Å². The zero-order valence-electron chi connectivity index (χ0n) is 15.2. The number of aryl methyl sites for hydroxylation is 1. The molecule has 3 rings (SSSR count). The number of benzene rings is 1. The molecule has 30 heavy (non-hydrogen) atoms. The second-order valence-corrected chi connectivity index (χ2v) is 6.10. The Kier molecular flexibility index (Phi) is 5.24. The Balaban J connectivity index is 1.91. The van der Waals surface area contributed by atoms with Crippen LogP contribution < -0.4 is 5.32 Å². The van der Waals surface area contributed by atoms with Crippen molar-refractivity contribution in [3.63, 3.8) is 0 Å². The van der Waals surface area contributed by atoms with E-state index < -0.39 is 57.8 Å². The predicted molar refractivity (Wildman–Crippen MR) is 90.2 cm³/mol. The highest BCUT2D eigenvalue weighted by atomic mass is 19.2. The minimum absolute atomic E-state index is 0.0783. The van der Waals surface area contributed by atoms with Gasteiger partial charge in [-0.25, -0.2) is 22.0 Å². The second-order valence-electron chi connectivity index (χ2n) is 6.10. The molecule has 0 radical (unpaired) electrons. The Morgan fingerprint density at radius 2 is 1.70 bits per heavy atom. The van der Waals surface area contributed by atoms with Gasteiger partial charge in [0.25, 0.3) is 5.91 Å². The topological polar surface area (TPSA) is 119 Å². The van der Waals surface area contributed by atoms with Crippen LogP contribution in [-0.4, -0.2) is 30.8 Å². The number of hydrogen-bond acceptors (Lipinski definition) is 5. The maximum atomic E-state index is 13.9. The number of halogens is 5. The summed E-state index contributed by atoms with van der Waals surface area (Å²) in [6, 6.07) is 0.888. The number of anilines is 1. The van der Waals surface area contributed by atoms with Crippen molar-refractivity contribution in [2.45, 2.75) is 20.4 Å². The summed E-state index contributed by atoms with van der Waals surface area (Å²) in [5.74, 6) is -11.8. The Hall–Kier alpha value is -3.84. The number of carbonyl (C=O) groups is 1. The molecule has 2 N–H and O–H groups in total. The van der Waals surface area contributed by atoms with Crippen molar-refractivity contribution in [1.82, 2.24) is 20.0 Å². The second kappa shape index (κ2) is 7.53. The number of H-pyrrole nitrogens is 1. The lowest BCUT2D eigenvalue weighted by Crippen LogP contribution is -2.15. The first-order valence-electron chi connectivity index (χ1n) is 8.08. The van der Waals surface area contributed by atoms with E-state index in [4.69, 9.17) is 0 Å². The van der Waals surface area contributed by atoms with E-state index in [1.54, 1.807) is 0 Å². The van der Waals surface area contributed by atoms with Gasteiger partial charge in [0, 0.05) is 0 Å². The van der Waals surface area contributed by atoms with Crippen LogP contribution in [0.25, 0.3) is 0 Å². The minimum Gasteiger partial charge on any atom is -0.358 e. The van der Waals surface area contributed by atoms with Crippen molar-refractivity contribution in [2.75, 3.05) is 5.32 Å². The highest BCUT2D eigenvalue weighted by molar-refractivity contribution is 6.03. The number of aromatic amines is 1. The van der Waals surface area contributed by atoms with Crippen molar-refractivity contribution >= 4 is 17.4 Å². The van der Waals surface area contributed by atoms with Gasteiger partial charge >= 0.3 is 5.82 Å². The summed E-state index contributed by atoms with van der Waals surface area (Å²) in [5.41, 5.74) is -1.04. The lowest BCUT2D eigenvalue weighted by molar-refractivity contribution is -0.389. The fraction of sp³-hybridized carbons (Fsp3) is 0.188. The van der Waals surface area contributed by atoms with Crippen LogP contribution in [0, 0.1) is 53.0 Å². The molecule has 0 unspecified atom stereocenters. The van der Waals surface area contributed by atoms with Crippen LogP contribution in [0.4, 0.5) is 33.5 Å². The van der Waals surface area contributed by atoms with Crippen LogP contribution >= 0.6 is 0 Å². The molecule has 0 atom stereocenters. The summed E-state index contributed by atoms with van der Waals surface area (Å²) in [4.78, 5) is 22.1. The highest BCUT2D eigenvalue weighted by Crippen LogP contribution is 2.26. The fourth-order valence-electron chi connectivity index (χ4n) is 2.67. The molecule has 0 aliphatic heterocycles. The van der Waals surface area contributed by atoms with Gasteiger partial charge in [-0.3, -0.25) is 9.48 Å². The number of nitro groups is 1. The lowest BCUT2D eigenvalue weighted by Gasteiger charge is -2.10. The third-order valence-electron chi connectivity index (χ3n) is 4.22. The highest BCUT2D eigenvalue weighted by Gasteiger charge is 2.27. The van der Waals surface area contributed by atoms with E-state index in [9.17, 15) is 36.9 Å². The Morgan fingerprint density at radius 1 is 1.13 bits per heavy atom. The van der Waals surface area contributed by atoms with E-state index in [-0.39, 0.29) is 22.8 Å². The first-order valence-corrected chi connectivity index (χ1v) is 8.08. The van der Waals surface area contributed by atoms with E-state index >= 15 is 0 Å². The van der Waals surface area contributed by atoms with Gasteiger partial charge in [-0.15, -0.1) is 5.10 Å². The Labute approximate surface area is 163 Å². The van der Waals surface area contributed by atoms with E-state index in [1.165, 1.54) is 13.8 Å². The fourth-order valence-corrected chi connectivity index (χ4v) is 2.67. The van der Waals surface area contributed by atoms with E-state index in [0.29, 0.717) is 0 Å². The number of rotatable bonds is 5. The number of nitrogens with one attached hydrogen (secondary N) is 2. The summed E-state index contributed by atoms with van der Waals surface area (Å²) in [5, 5.41) is 22.5. The average molecular weight is 430 g/mol. The number of amides is 1. The van der Waals surface area contributed by atoms with Gasteiger partial charge in [-0.1, -0.05) is 5.10 Å². The van der Waals surface area contributed by atoms with Crippen LogP contribution in [0.5, 0.6) is 0 Å². The summed E-state index contributed by atoms with van der Waals surface area (Å²) >= 11 is 0. The molecule has 0 aliphatic rings. The Bertz CT molecular complexity index is 1160. The maximum Gasteiger partial charge on any atom is 0.343 e. The maximum absolute atomic E-state index is 13.9. The molecule has 158 valence electrons. The van der Waals surface area contributed by atoms with Crippen LogP contribution in [0.2, 0.25) is 0 Å². The predicted octanol–water partition coefficient (Wildman–Crippen LogP) is 3.13. The average Bonchev–Trinajstić information content (AvgIpc) is 3.29. The molecular formula is C16H11F5N6O3. The molecule has 3 aromatic rings. The van der Waals surface area contributed by atoms with Crippen molar-refractivity contribution in [3.8, 4) is 0 Å². The van der Waals surface area contributed by atoms with Gasteiger partial charge in [0.1, 0.15) is 0 Å². The van der Waals surface area contributed by atoms with Gasteiger partial charge in [0.15, 0.2) is 29.0 Å². The van der Waals surface area contributed by atoms with E-state index in [0.717, 1.165) is 10.7 Å². The molecule has 2 aromatic heterocycles. The third-order valence-corrected chi connectivity index (χ3v) is 4.22. The molecule has 14 heteroatoms. The minimum atomic E-state index is -2.27. The Morgan fingerprint density at radius 3 is 2.23 bits per heavy atom. The molecule has 0 saturated heterocycles. The van der Waals surface area contributed by atoms with E-state index in [1.807, 2.05) is 0 Å². The van der Waals surface area contributed by atoms with Crippen molar-refractivity contribution in [2.24, 2.45) is 0 Å². The number of nitrogens with zero attached hydrogens (tertiary/aromatic N) is 4.